The Morgan fingerprint density at radius 2 is 1.86 bits per heavy atom. The van der Waals surface area contributed by atoms with Crippen LogP contribution in [0.2, 0.25) is 0 Å². The molecule has 2 aliphatic carbocycles. The van der Waals surface area contributed by atoms with Gasteiger partial charge in [-0.25, -0.2) is 0 Å². The van der Waals surface area contributed by atoms with Gasteiger partial charge in [-0.3, -0.25) is 14.4 Å². The number of carbonyl (C=O) groups is 3. The summed E-state index contributed by atoms with van der Waals surface area (Å²) in [6.45, 7) is 1.85. The number of hydrogen-bond acceptors (Lipinski definition) is 4. The van der Waals surface area contributed by atoms with Crippen molar-refractivity contribution in [2.24, 2.45) is 4.99 Å². The van der Waals surface area contributed by atoms with E-state index in [9.17, 15) is 14.4 Å². The molecule has 0 unspecified atom stereocenters. The Hall–Kier alpha value is -2.44. The Kier molecular flexibility index (Phi) is 5.56. The summed E-state index contributed by atoms with van der Waals surface area (Å²) in [5.74, 6) is -0.0623. The molecule has 7 heteroatoms. The van der Waals surface area contributed by atoms with Gasteiger partial charge < -0.3 is 15.1 Å². The van der Waals surface area contributed by atoms with Crippen molar-refractivity contribution in [2.45, 2.75) is 82.3 Å². The average molecular weight is 399 g/mol. The molecule has 0 aromatic heterocycles. The summed E-state index contributed by atoms with van der Waals surface area (Å²) >= 11 is 0. The zero-order valence-corrected chi connectivity index (χ0v) is 17.1. The molecule has 4 rings (SSSR count). The summed E-state index contributed by atoms with van der Waals surface area (Å²) in [7, 11) is 0. The molecular formula is C22H30N4O3. The number of aliphatic imine (C=N–C) groups is 1. The number of allylic oxidation sites excluding steroid dienone is 2. The van der Waals surface area contributed by atoms with Gasteiger partial charge in [0.15, 0.2) is 0 Å². The number of fused-ring (bicyclic) bond motifs is 1. The molecule has 0 spiro atoms. The maximum atomic E-state index is 13.8. The molecule has 0 aromatic carbocycles. The Balaban J connectivity index is 1.56. The summed E-state index contributed by atoms with van der Waals surface area (Å²) in [6, 6.07) is 0.277. The van der Waals surface area contributed by atoms with Crippen LogP contribution < -0.4 is 5.32 Å². The van der Waals surface area contributed by atoms with Crippen LogP contribution in [0.3, 0.4) is 0 Å². The molecule has 1 atom stereocenters. The van der Waals surface area contributed by atoms with Crippen LogP contribution in [-0.2, 0) is 14.4 Å². The Labute approximate surface area is 171 Å². The Bertz CT molecular complexity index is 775. The van der Waals surface area contributed by atoms with Gasteiger partial charge in [0.2, 0.25) is 11.8 Å². The van der Waals surface area contributed by atoms with Gasteiger partial charge in [0, 0.05) is 18.3 Å². The van der Waals surface area contributed by atoms with Crippen LogP contribution >= 0.6 is 0 Å². The second-order valence-electron chi connectivity index (χ2n) is 8.81. The van der Waals surface area contributed by atoms with Crippen molar-refractivity contribution < 1.29 is 14.4 Å². The predicted octanol–water partition coefficient (Wildman–Crippen LogP) is 2.29. The predicted molar refractivity (Wildman–Crippen MR) is 110 cm³/mol. The maximum Gasteiger partial charge on any atom is 0.250 e. The number of rotatable bonds is 5. The topological polar surface area (TPSA) is 82.1 Å². The van der Waals surface area contributed by atoms with Gasteiger partial charge in [0.25, 0.3) is 5.91 Å². The standard InChI is InChI=1S/C22H30N4O3/c1-22(14-19(27)24-18-12-6-7-13-26(18)22)21(29)25(17-10-4-5-11-17)15-20(28)23-16-8-2-3-9-16/h6-7,12-13,16-17H,2-5,8-11,14-15H2,1H3,(H,23,28)/t22-/m0/s1. The first-order valence-electron chi connectivity index (χ1n) is 10.8. The summed E-state index contributed by atoms with van der Waals surface area (Å²) < 4.78 is 0. The van der Waals surface area contributed by atoms with Crippen LogP contribution in [-0.4, -0.2) is 57.5 Å². The highest BCUT2D eigenvalue weighted by Crippen LogP contribution is 2.33. The highest BCUT2D eigenvalue weighted by molar-refractivity contribution is 6.09. The molecule has 2 fully saturated rings. The van der Waals surface area contributed by atoms with Crippen molar-refractivity contribution in [3.05, 3.63) is 24.4 Å². The smallest absolute Gasteiger partial charge is 0.250 e. The van der Waals surface area contributed by atoms with Gasteiger partial charge in [-0.1, -0.05) is 31.8 Å². The van der Waals surface area contributed by atoms with E-state index in [-0.39, 0.29) is 42.8 Å². The van der Waals surface area contributed by atoms with Crippen molar-refractivity contribution in [1.29, 1.82) is 0 Å². The molecule has 2 aliphatic heterocycles. The highest BCUT2D eigenvalue weighted by Gasteiger charge is 2.48. The summed E-state index contributed by atoms with van der Waals surface area (Å²) in [4.78, 5) is 46.5. The Morgan fingerprint density at radius 1 is 1.17 bits per heavy atom. The lowest BCUT2D eigenvalue weighted by Crippen LogP contribution is -2.63. The first-order chi connectivity index (χ1) is 14.0. The molecule has 3 amide bonds. The van der Waals surface area contributed by atoms with Crippen LogP contribution in [0, 0.1) is 0 Å². The van der Waals surface area contributed by atoms with E-state index in [0.29, 0.717) is 5.84 Å². The van der Waals surface area contributed by atoms with Gasteiger partial charge in [-0.2, -0.15) is 4.99 Å². The third-order valence-electron chi connectivity index (χ3n) is 6.63. The first kappa shape index (κ1) is 19.9. The van der Waals surface area contributed by atoms with E-state index in [0.717, 1.165) is 51.4 Å². The minimum atomic E-state index is -1.06. The normalized spacial score (nSPS) is 27.1. The number of hydrogen-bond donors (Lipinski definition) is 1. The fraction of sp³-hybridized carbons (Fsp3) is 0.636. The van der Waals surface area contributed by atoms with Gasteiger partial charge in [0.1, 0.15) is 11.4 Å². The lowest BCUT2D eigenvalue weighted by Gasteiger charge is -2.45. The van der Waals surface area contributed by atoms with E-state index in [1.807, 2.05) is 12.2 Å². The number of nitrogens with zero attached hydrogens (tertiary/aromatic N) is 3. The first-order valence-corrected chi connectivity index (χ1v) is 10.8. The van der Waals surface area contributed by atoms with Crippen molar-refractivity contribution >= 4 is 23.6 Å². The van der Waals surface area contributed by atoms with E-state index in [1.165, 1.54) is 0 Å². The lowest BCUT2D eigenvalue weighted by molar-refractivity contribution is -0.148. The van der Waals surface area contributed by atoms with Crippen molar-refractivity contribution in [2.75, 3.05) is 6.54 Å². The molecular weight excluding hydrogens is 368 g/mol. The van der Waals surface area contributed by atoms with E-state index in [4.69, 9.17) is 0 Å². The fourth-order valence-corrected chi connectivity index (χ4v) is 5.06. The number of amides is 3. The summed E-state index contributed by atoms with van der Waals surface area (Å²) in [5.41, 5.74) is -1.06. The van der Waals surface area contributed by atoms with Crippen molar-refractivity contribution in [3.8, 4) is 0 Å². The molecule has 0 radical (unpaired) electrons. The van der Waals surface area contributed by atoms with Crippen molar-refractivity contribution in [1.82, 2.24) is 15.1 Å². The van der Waals surface area contributed by atoms with Gasteiger partial charge in [-0.05, 0) is 44.8 Å². The second kappa shape index (κ2) is 8.13. The van der Waals surface area contributed by atoms with E-state index in [1.54, 1.807) is 29.0 Å². The number of amidine groups is 1. The minimum Gasteiger partial charge on any atom is -0.352 e. The third-order valence-corrected chi connectivity index (χ3v) is 6.63. The van der Waals surface area contributed by atoms with E-state index in [2.05, 4.69) is 10.3 Å². The largest absolute Gasteiger partial charge is 0.352 e. The van der Waals surface area contributed by atoms with Gasteiger partial charge in [0.05, 0.1) is 13.0 Å². The molecule has 7 nitrogen and oxygen atoms in total. The summed E-state index contributed by atoms with van der Waals surface area (Å²) in [6.07, 6.45) is 15.5. The van der Waals surface area contributed by atoms with Crippen LogP contribution in [0.5, 0.6) is 0 Å². The molecule has 0 saturated heterocycles. The molecule has 4 aliphatic rings. The third kappa shape index (κ3) is 4.00. The van der Waals surface area contributed by atoms with E-state index >= 15 is 0 Å². The van der Waals surface area contributed by atoms with Crippen LogP contribution in [0.25, 0.3) is 0 Å². The molecule has 156 valence electrons. The SMILES string of the molecule is C[C@@]1(C(=O)N(CC(=O)NC2CCCC2)C2CCCC2)CC(=O)N=C2C=CC=CN21. The van der Waals surface area contributed by atoms with Crippen LogP contribution in [0.1, 0.15) is 64.7 Å². The Morgan fingerprint density at radius 3 is 2.59 bits per heavy atom. The van der Waals surface area contributed by atoms with E-state index < -0.39 is 5.54 Å². The molecule has 2 heterocycles. The number of nitrogens with one attached hydrogen (secondary N) is 1. The fourth-order valence-electron chi connectivity index (χ4n) is 5.06. The highest BCUT2D eigenvalue weighted by atomic mass is 16.2. The molecule has 29 heavy (non-hydrogen) atoms. The molecule has 1 N–H and O–H groups in total. The number of carbonyl (C=O) groups excluding carboxylic acids is 3. The lowest BCUT2D eigenvalue weighted by atomic mass is 9.89. The minimum absolute atomic E-state index is 0.0149. The van der Waals surface area contributed by atoms with Crippen molar-refractivity contribution in [3.63, 3.8) is 0 Å². The zero-order valence-electron chi connectivity index (χ0n) is 17.1. The molecule has 0 aromatic rings. The van der Waals surface area contributed by atoms with Gasteiger partial charge in [-0.15, -0.1) is 0 Å². The van der Waals surface area contributed by atoms with Crippen LogP contribution in [0.4, 0.5) is 0 Å². The maximum absolute atomic E-state index is 13.8. The second-order valence-corrected chi connectivity index (χ2v) is 8.81. The molecule has 2 saturated carbocycles. The monoisotopic (exact) mass is 398 g/mol. The van der Waals surface area contributed by atoms with Gasteiger partial charge >= 0.3 is 0 Å². The van der Waals surface area contributed by atoms with Crippen LogP contribution in [0.15, 0.2) is 29.4 Å². The summed E-state index contributed by atoms with van der Waals surface area (Å²) in [5, 5.41) is 3.11. The zero-order chi connectivity index (χ0) is 20.4. The quantitative estimate of drug-likeness (QED) is 0.770. The molecule has 0 bridgehead atoms. The average Bonchev–Trinajstić information content (AvgIpc) is 3.39.